The van der Waals surface area contributed by atoms with Gasteiger partial charge in [0.05, 0.1) is 40.3 Å². The van der Waals surface area contributed by atoms with Crippen molar-refractivity contribution in [2.75, 3.05) is 41.0 Å². The largest absolute Gasteiger partial charge is 0.544 e. The normalized spacial score (nSPS) is 13.5. The zero-order valence-electron chi connectivity index (χ0n) is 41.9. The summed E-state index contributed by atoms with van der Waals surface area (Å²) in [4.78, 5) is 37.0. The van der Waals surface area contributed by atoms with Crippen molar-refractivity contribution in [2.45, 2.75) is 225 Å². The Labute approximate surface area is 393 Å². The van der Waals surface area contributed by atoms with Gasteiger partial charge in [-0.15, -0.1) is 0 Å². The molecular weight excluding hydrogens is 799 g/mol. The zero-order chi connectivity index (χ0) is 47.0. The van der Waals surface area contributed by atoms with E-state index in [2.05, 4.69) is 86.8 Å². The minimum absolute atomic E-state index is 0.0163. The number of aliphatic carboxylic acids is 1. The van der Waals surface area contributed by atoms with Gasteiger partial charge in [-0.05, 0) is 57.8 Å². The number of carboxylic acids is 1. The summed E-state index contributed by atoms with van der Waals surface area (Å²) in [6.45, 7) is 4.51. The molecule has 0 aromatic rings. The number of unbranched alkanes of at least 4 members (excludes halogenated alkanes) is 20. The predicted octanol–water partition coefficient (Wildman–Crippen LogP) is 13.8. The summed E-state index contributed by atoms with van der Waals surface area (Å²) < 4.78 is 17.2. The molecule has 0 radical (unpaired) electrons. The molecule has 0 amide bonds. The summed E-state index contributed by atoms with van der Waals surface area (Å²) in [5.74, 6) is -1.81. The van der Waals surface area contributed by atoms with Crippen LogP contribution in [-0.2, 0) is 28.6 Å². The molecule has 8 nitrogen and oxygen atoms in total. The lowest BCUT2D eigenvalue weighted by Gasteiger charge is -2.34. The molecule has 8 heteroatoms. The number of rotatable bonds is 46. The van der Waals surface area contributed by atoms with Crippen LogP contribution in [0.3, 0.4) is 0 Å². The van der Waals surface area contributed by atoms with Crippen molar-refractivity contribution >= 4 is 17.9 Å². The number of quaternary nitrogens is 1. The molecule has 0 aromatic carbocycles. The molecule has 64 heavy (non-hydrogen) atoms. The van der Waals surface area contributed by atoms with Crippen LogP contribution in [-0.4, -0.2) is 75.5 Å². The number of carbonyl (C=O) groups excluding carboxylic acids is 3. The van der Waals surface area contributed by atoms with Crippen molar-refractivity contribution in [1.29, 1.82) is 0 Å². The number of hydrogen-bond donors (Lipinski definition) is 0. The molecule has 0 bridgehead atoms. The fraction of sp³-hybridized carbons (Fsp3) is 0.732. The highest BCUT2D eigenvalue weighted by molar-refractivity contribution is 5.70. The first-order valence-electron chi connectivity index (χ1n) is 26.0. The number of ether oxygens (including phenoxy) is 3. The van der Waals surface area contributed by atoms with E-state index in [9.17, 15) is 19.5 Å². The molecule has 0 saturated carbocycles. The lowest BCUT2D eigenvalue weighted by molar-refractivity contribution is -0.889. The van der Waals surface area contributed by atoms with Crippen LogP contribution in [0.15, 0.2) is 72.9 Å². The third-order valence-electron chi connectivity index (χ3n) is 11.4. The van der Waals surface area contributed by atoms with Gasteiger partial charge in [-0.25, -0.2) is 0 Å². The second-order valence-corrected chi connectivity index (χ2v) is 18.4. The SMILES string of the molecule is CC/C=C/C/C=C/C/C=C/C/C=C/C/C=C/C/C=C/CCCC(=O)OC(COCCC(C(=O)[O-])[N+](C)(C)C)COC(=O)CCCCCCCCCCCCCCCCCCCCCC. The first-order valence-corrected chi connectivity index (χ1v) is 26.0. The Bertz CT molecular complexity index is 1270. The topological polar surface area (TPSA) is 102 Å². The van der Waals surface area contributed by atoms with E-state index in [0.29, 0.717) is 12.8 Å². The summed E-state index contributed by atoms with van der Waals surface area (Å²) in [7, 11) is 5.39. The Hall–Kier alpha value is -3.23. The molecule has 0 heterocycles. The molecule has 2 atom stereocenters. The first-order chi connectivity index (χ1) is 31.1. The van der Waals surface area contributed by atoms with E-state index in [-0.39, 0.29) is 49.1 Å². The smallest absolute Gasteiger partial charge is 0.306 e. The average molecular weight is 896 g/mol. The number of carbonyl (C=O) groups is 3. The Kier molecular flexibility index (Phi) is 44.0. The highest BCUT2D eigenvalue weighted by atomic mass is 16.6. The summed E-state index contributed by atoms with van der Waals surface area (Å²) in [6.07, 6.45) is 59.4. The molecule has 2 unspecified atom stereocenters. The van der Waals surface area contributed by atoms with E-state index < -0.39 is 18.1 Å². The van der Waals surface area contributed by atoms with Crippen LogP contribution < -0.4 is 5.11 Å². The summed E-state index contributed by atoms with van der Waals surface area (Å²) in [5.41, 5.74) is 0. The molecule has 0 rings (SSSR count). The van der Waals surface area contributed by atoms with Crippen LogP contribution in [0.2, 0.25) is 0 Å². The van der Waals surface area contributed by atoms with E-state index in [4.69, 9.17) is 14.2 Å². The van der Waals surface area contributed by atoms with Gasteiger partial charge in [0.1, 0.15) is 12.6 Å². The Morgan fingerprint density at radius 2 is 0.875 bits per heavy atom. The van der Waals surface area contributed by atoms with E-state index in [0.717, 1.165) is 64.2 Å². The van der Waals surface area contributed by atoms with Gasteiger partial charge < -0.3 is 28.6 Å². The molecule has 0 aliphatic carbocycles. The van der Waals surface area contributed by atoms with Crippen LogP contribution in [0.25, 0.3) is 0 Å². The summed E-state index contributed by atoms with van der Waals surface area (Å²) >= 11 is 0. The summed E-state index contributed by atoms with van der Waals surface area (Å²) in [5, 5.41) is 11.7. The van der Waals surface area contributed by atoms with Gasteiger partial charge >= 0.3 is 11.9 Å². The number of likely N-dealkylation sites (N-methyl/N-ethyl adjacent to an activating group) is 1. The molecular formula is C56H97NO7. The highest BCUT2D eigenvalue weighted by Gasteiger charge is 2.25. The number of nitrogens with zero attached hydrogens (tertiary/aromatic N) is 1. The van der Waals surface area contributed by atoms with Crippen LogP contribution in [0.1, 0.15) is 213 Å². The maximum Gasteiger partial charge on any atom is 0.306 e. The van der Waals surface area contributed by atoms with Crippen molar-refractivity contribution in [1.82, 2.24) is 0 Å². The van der Waals surface area contributed by atoms with E-state index in [1.165, 1.54) is 109 Å². The van der Waals surface area contributed by atoms with Gasteiger partial charge in [-0.3, -0.25) is 9.59 Å². The quantitative estimate of drug-likeness (QED) is 0.0259. The maximum absolute atomic E-state index is 12.8. The van der Waals surface area contributed by atoms with Crippen molar-refractivity contribution in [2.24, 2.45) is 0 Å². The van der Waals surface area contributed by atoms with Crippen molar-refractivity contribution in [3.63, 3.8) is 0 Å². The molecule has 0 N–H and O–H groups in total. The van der Waals surface area contributed by atoms with Crippen LogP contribution >= 0.6 is 0 Å². The fourth-order valence-corrected chi connectivity index (χ4v) is 7.38. The lowest BCUT2D eigenvalue weighted by atomic mass is 10.0. The molecule has 0 spiro atoms. The Morgan fingerprint density at radius 3 is 1.28 bits per heavy atom. The summed E-state index contributed by atoms with van der Waals surface area (Å²) in [6, 6.07) is -0.739. The number of allylic oxidation sites excluding steroid dienone is 12. The second kappa shape index (κ2) is 46.3. The highest BCUT2D eigenvalue weighted by Crippen LogP contribution is 2.16. The number of esters is 2. The maximum atomic E-state index is 12.8. The molecule has 0 aliphatic heterocycles. The molecule has 0 aromatic heterocycles. The average Bonchev–Trinajstić information content (AvgIpc) is 3.26. The minimum Gasteiger partial charge on any atom is -0.544 e. The Balaban J connectivity index is 4.33. The van der Waals surface area contributed by atoms with Gasteiger partial charge in [0.2, 0.25) is 0 Å². The van der Waals surface area contributed by atoms with Gasteiger partial charge in [0, 0.05) is 19.3 Å². The van der Waals surface area contributed by atoms with E-state index >= 15 is 0 Å². The standard InChI is InChI=1S/C56H97NO7/c1-6-8-10-12-14-16-18-20-22-24-26-28-30-32-34-36-38-40-42-44-46-54(58)63-51-52(50-62-49-48-53(56(60)61)57(3,4)5)64-55(59)47-45-43-41-39-37-35-33-31-29-27-25-23-21-19-17-15-13-11-9-7-2/h9,11,15,17,21,23,27,29,33,35,39,41,52-53H,6-8,10,12-14,16,18-20,22,24-26,28,30-32,34,36-38,40,42-51H2,1-5H3/b11-9+,17-15+,23-21+,29-27+,35-33+,41-39+. The number of carboxylic acid groups (broad SMARTS) is 1. The zero-order valence-corrected chi connectivity index (χ0v) is 41.9. The van der Waals surface area contributed by atoms with Crippen molar-refractivity contribution < 1.29 is 38.2 Å². The minimum atomic E-state index is -1.13. The molecule has 0 aliphatic rings. The third kappa shape index (κ3) is 44.0. The Morgan fingerprint density at radius 1 is 0.484 bits per heavy atom. The van der Waals surface area contributed by atoms with Crippen LogP contribution in [0, 0.1) is 0 Å². The molecule has 0 saturated heterocycles. The van der Waals surface area contributed by atoms with Crippen molar-refractivity contribution in [3.8, 4) is 0 Å². The van der Waals surface area contributed by atoms with Crippen LogP contribution in [0.4, 0.5) is 0 Å². The van der Waals surface area contributed by atoms with Gasteiger partial charge in [-0.2, -0.15) is 0 Å². The third-order valence-corrected chi connectivity index (χ3v) is 11.4. The van der Waals surface area contributed by atoms with Gasteiger partial charge in [0.25, 0.3) is 0 Å². The van der Waals surface area contributed by atoms with Gasteiger partial charge in [0.15, 0.2) is 6.10 Å². The monoisotopic (exact) mass is 896 g/mol. The van der Waals surface area contributed by atoms with E-state index in [1.807, 2.05) is 0 Å². The van der Waals surface area contributed by atoms with Crippen LogP contribution in [0.5, 0.6) is 0 Å². The lowest BCUT2D eigenvalue weighted by Crippen LogP contribution is -2.55. The second-order valence-electron chi connectivity index (χ2n) is 18.4. The number of hydrogen-bond acceptors (Lipinski definition) is 7. The van der Waals surface area contributed by atoms with E-state index in [1.54, 1.807) is 21.1 Å². The van der Waals surface area contributed by atoms with Gasteiger partial charge in [-0.1, -0.05) is 209 Å². The molecule has 0 fully saturated rings. The predicted molar refractivity (Wildman–Crippen MR) is 268 cm³/mol. The fourth-order valence-electron chi connectivity index (χ4n) is 7.38. The first kappa shape index (κ1) is 60.8. The molecule has 368 valence electrons. The van der Waals surface area contributed by atoms with Crippen molar-refractivity contribution in [3.05, 3.63) is 72.9 Å².